The highest BCUT2D eigenvalue weighted by atomic mass is 32.2. The number of sulfone groups is 1. The second-order valence-electron chi connectivity index (χ2n) is 7.67. The summed E-state index contributed by atoms with van der Waals surface area (Å²) in [6, 6.07) is 24.2. The van der Waals surface area contributed by atoms with E-state index in [0.717, 1.165) is 5.56 Å². The molecule has 7 nitrogen and oxygen atoms in total. The first kappa shape index (κ1) is 23.0. The number of carbonyl (C=O) groups excluding carboxylic acids is 1. The van der Waals surface area contributed by atoms with Crippen LogP contribution >= 0.6 is 0 Å². The first-order chi connectivity index (χ1) is 16.4. The number of nitrogens with one attached hydrogen (secondary N) is 1. The van der Waals surface area contributed by atoms with E-state index < -0.39 is 9.84 Å². The summed E-state index contributed by atoms with van der Waals surface area (Å²) in [5, 5.41) is 11.9. The highest BCUT2D eigenvalue weighted by Crippen LogP contribution is 2.25. The standard InChI is InChI=1S/C26H21N3O4S/c1-18-24(17-34(31,32)23-9-5-8-20(14-23)15-27)29-26(33-18)22-12-10-21(11-13-22)25(30)28-16-19-6-3-2-4-7-19/h2-14H,16-17H2,1H3,(H,28,30). The van der Waals surface area contributed by atoms with Gasteiger partial charge in [-0.15, -0.1) is 0 Å². The Kier molecular flexibility index (Phi) is 6.57. The fourth-order valence-corrected chi connectivity index (χ4v) is 4.74. The van der Waals surface area contributed by atoms with Crippen molar-refractivity contribution in [2.24, 2.45) is 0 Å². The average Bonchev–Trinajstić information content (AvgIpc) is 3.22. The Morgan fingerprint density at radius 3 is 2.47 bits per heavy atom. The third-order valence-corrected chi connectivity index (χ3v) is 6.86. The lowest BCUT2D eigenvalue weighted by molar-refractivity contribution is 0.0951. The molecule has 0 spiro atoms. The molecule has 0 unspecified atom stereocenters. The Hall–Kier alpha value is -4.22. The van der Waals surface area contributed by atoms with E-state index in [1.807, 2.05) is 36.4 Å². The predicted molar refractivity (Wildman–Crippen MR) is 126 cm³/mol. The number of nitriles is 1. The van der Waals surface area contributed by atoms with Crippen molar-refractivity contribution >= 4 is 15.7 Å². The Morgan fingerprint density at radius 2 is 1.76 bits per heavy atom. The van der Waals surface area contributed by atoms with Crippen LogP contribution in [0.3, 0.4) is 0 Å². The van der Waals surface area contributed by atoms with Gasteiger partial charge in [0.25, 0.3) is 5.91 Å². The van der Waals surface area contributed by atoms with Gasteiger partial charge < -0.3 is 9.73 Å². The molecule has 3 aromatic carbocycles. The van der Waals surface area contributed by atoms with E-state index in [4.69, 9.17) is 9.68 Å². The SMILES string of the molecule is Cc1oc(-c2ccc(C(=O)NCc3ccccc3)cc2)nc1CS(=O)(=O)c1cccc(C#N)c1. The van der Waals surface area contributed by atoms with Crippen LogP contribution in [-0.4, -0.2) is 19.3 Å². The summed E-state index contributed by atoms with van der Waals surface area (Å²) in [6.07, 6.45) is 0. The second-order valence-corrected chi connectivity index (χ2v) is 9.66. The molecule has 1 heterocycles. The van der Waals surface area contributed by atoms with Gasteiger partial charge in [0, 0.05) is 17.7 Å². The van der Waals surface area contributed by atoms with Crippen molar-refractivity contribution in [1.82, 2.24) is 10.3 Å². The third-order valence-electron chi connectivity index (χ3n) is 5.23. The number of amides is 1. The monoisotopic (exact) mass is 471 g/mol. The number of hydrogen-bond acceptors (Lipinski definition) is 6. The molecule has 34 heavy (non-hydrogen) atoms. The maximum absolute atomic E-state index is 12.8. The van der Waals surface area contributed by atoms with Crippen molar-refractivity contribution in [3.63, 3.8) is 0 Å². The zero-order valence-corrected chi connectivity index (χ0v) is 19.2. The van der Waals surface area contributed by atoms with E-state index in [1.165, 1.54) is 18.2 Å². The molecule has 0 radical (unpaired) electrons. The molecule has 1 N–H and O–H groups in total. The number of nitrogens with zero attached hydrogens (tertiary/aromatic N) is 2. The summed E-state index contributed by atoms with van der Waals surface area (Å²) in [6.45, 7) is 2.08. The normalized spacial score (nSPS) is 11.1. The van der Waals surface area contributed by atoms with Gasteiger partial charge in [0.1, 0.15) is 11.5 Å². The Bertz CT molecular complexity index is 1470. The minimum Gasteiger partial charge on any atom is -0.441 e. The van der Waals surface area contributed by atoms with E-state index >= 15 is 0 Å². The molecule has 0 atom stereocenters. The van der Waals surface area contributed by atoms with Gasteiger partial charge in [0.2, 0.25) is 5.89 Å². The van der Waals surface area contributed by atoms with Gasteiger partial charge in [-0.1, -0.05) is 36.4 Å². The van der Waals surface area contributed by atoms with Crippen LogP contribution in [0.25, 0.3) is 11.5 Å². The molecule has 8 heteroatoms. The summed E-state index contributed by atoms with van der Waals surface area (Å²) in [7, 11) is -3.71. The van der Waals surface area contributed by atoms with Gasteiger partial charge in [-0.3, -0.25) is 4.79 Å². The lowest BCUT2D eigenvalue weighted by atomic mass is 10.1. The Morgan fingerprint density at radius 1 is 1.03 bits per heavy atom. The summed E-state index contributed by atoms with van der Waals surface area (Å²) in [4.78, 5) is 16.9. The zero-order valence-electron chi connectivity index (χ0n) is 18.4. The molecule has 1 aromatic heterocycles. The van der Waals surface area contributed by atoms with Crippen molar-refractivity contribution in [2.45, 2.75) is 24.1 Å². The number of benzene rings is 3. The lowest BCUT2D eigenvalue weighted by Crippen LogP contribution is -2.22. The van der Waals surface area contributed by atoms with Crippen LogP contribution < -0.4 is 5.32 Å². The van der Waals surface area contributed by atoms with Gasteiger partial charge in [-0.2, -0.15) is 5.26 Å². The maximum Gasteiger partial charge on any atom is 0.251 e. The van der Waals surface area contributed by atoms with Gasteiger partial charge in [-0.25, -0.2) is 13.4 Å². The summed E-state index contributed by atoms with van der Waals surface area (Å²) < 4.78 is 31.3. The van der Waals surface area contributed by atoms with Crippen LogP contribution in [0, 0.1) is 18.3 Å². The average molecular weight is 472 g/mol. The van der Waals surface area contributed by atoms with E-state index in [-0.39, 0.29) is 28.0 Å². The van der Waals surface area contributed by atoms with Crippen LogP contribution in [0.1, 0.15) is 32.9 Å². The van der Waals surface area contributed by atoms with Crippen LogP contribution in [0.2, 0.25) is 0 Å². The Labute approximate surface area is 197 Å². The largest absolute Gasteiger partial charge is 0.441 e. The molecule has 0 aliphatic rings. The molecule has 0 aliphatic heterocycles. The summed E-state index contributed by atoms with van der Waals surface area (Å²) in [5.41, 5.74) is 2.68. The summed E-state index contributed by atoms with van der Waals surface area (Å²) in [5.74, 6) is 0.103. The van der Waals surface area contributed by atoms with E-state index in [1.54, 1.807) is 37.3 Å². The first-order valence-corrected chi connectivity index (χ1v) is 12.1. The minimum atomic E-state index is -3.71. The van der Waals surface area contributed by atoms with E-state index in [0.29, 0.717) is 29.1 Å². The zero-order chi connectivity index (χ0) is 24.1. The molecule has 4 rings (SSSR count). The van der Waals surface area contributed by atoms with Crippen LogP contribution in [0.15, 0.2) is 88.2 Å². The second kappa shape index (κ2) is 9.73. The van der Waals surface area contributed by atoms with Crippen LogP contribution in [0.5, 0.6) is 0 Å². The number of rotatable bonds is 7. The number of oxazole rings is 1. The fraction of sp³-hybridized carbons (Fsp3) is 0.115. The van der Waals surface area contributed by atoms with Gasteiger partial charge in [0.15, 0.2) is 9.84 Å². The summed E-state index contributed by atoms with van der Waals surface area (Å²) >= 11 is 0. The molecule has 0 fully saturated rings. The molecule has 0 saturated heterocycles. The number of aromatic nitrogens is 1. The predicted octanol–water partition coefficient (Wildman–Crippen LogP) is 4.43. The molecule has 4 aromatic rings. The Balaban J connectivity index is 1.47. The van der Waals surface area contributed by atoms with Crippen LogP contribution in [0.4, 0.5) is 0 Å². The van der Waals surface area contributed by atoms with Crippen molar-refractivity contribution < 1.29 is 17.6 Å². The molecular weight excluding hydrogens is 450 g/mol. The highest BCUT2D eigenvalue weighted by molar-refractivity contribution is 7.90. The van der Waals surface area contributed by atoms with E-state index in [2.05, 4.69) is 10.3 Å². The van der Waals surface area contributed by atoms with Gasteiger partial charge in [-0.05, 0) is 55.0 Å². The lowest BCUT2D eigenvalue weighted by Gasteiger charge is -2.06. The first-order valence-electron chi connectivity index (χ1n) is 10.5. The highest BCUT2D eigenvalue weighted by Gasteiger charge is 2.21. The topological polar surface area (TPSA) is 113 Å². The van der Waals surface area contributed by atoms with Crippen molar-refractivity contribution in [3.05, 3.63) is 107 Å². The van der Waals surface area contributed by atoms with Gasteiger partial charge >= 0.3 is 0 Å². The van der Waals surface area contributed by atoms with Crippen molar-refractivity contribution in [2.75, 3.05) is 0 Å². The molecule has 0 aliphatic carbocycles. The van der Waals surface area contributed by atoms with Crippen LogP contribution in [-0.2, 0) is 22.1 Å². The molecular formula is C26H21N3O4S. The molecule has 170 valence electrons. The number of carbonyl (C=O) groups is 1. The smallest absolute Gasteiger partial charge is 0.251 e. The minimum absolute atomic E-state index is 0.0568. The quantitative estimate of drug-likeness (QED) is 0.427. The third kappa shape index (κ3) is 5.22. The van der Waals surface area contributed by atoms with Crippen molar-refractivity contribution in [3.8, 4) is 17.5 Å². The maximum atomic E-state index is 12.8. The molecule has 0 bridgehead atoms. The van der Waals surface area contributed by atoms with Gasteiger partial charge in [0.05, 0.1) is 22.2 Å². The van der Waals surface area contributed by atoms with E-state index in [9.17, 15) is 13.2 Å². The number of hydrogen-bond donors (Lipinski definition) is 1. The fourth-order valence-electron chi connectivity index (χ4n) is 3.35. The molecule has 0 saturated carbocycles. The molecule has 1 amide bonds. The number of aryl methyl sites for hydroxylation is 1. The van der Waals surface area contributed by atoms with Crippen molar-refractivity contribution in [1.29, 1.82) is 5.26 Å².